The molecule has 146 valence electrons. The van der Waals surface area contributed by atoms with E-state index in [9.17, 15) is 9.18 Å². The topological polar surface area (TPSA) is 63.1 Å². The van der Waals surface area contributed by atoms with Crippen LogP contribution in [0, 0.1) is 5.82 Å². The quantitative estimate of drug-likeness (QED) is 0.681. The summed E-state index contributed by atoms with van der Waals surface area (Å²) in [7, 11) is 0. The van der Waals surface area contributed by atoms with Gasteiger partial charge in [0.25, 0.3) is 5.91 Å². The van der Waals surface area contributed by atoms with E-state index in [0.29, 0.717) is 12.3 Å². The fourth-order valence-electron chi connectivity index (χ4n) is 3.68. The van der Waals surface area contributed by atoms with Crippen molar-refractivity contribution in [1.82, 2.24) is 5.32 Å². The lowest BCUT2D eigenvalue weighted by atomic mass is 10.1. The van der Waals surface area contributed by atoms with E-state index in [1.807, 2.05) is 24.3 Å². The van der Waals surface area contributed by atoms with Crippen LogP contribution >= 0.6 is 0 Å². The number of carbonyl (C=O) groups is 1. The van der Waals surface area contributed by atoms with Crippen molar-refractivity contribution < 1.29 is 22.9 Å². The lowest BCUT2D eigenvalue weighted by Crippen LogP contribution is -3.15. The normalized spacial score (nSPS) is 16.1. The van der Waals surface area contributed by atoms with E-state index in [2.05, 4.69) is 10.2 Å². The van der Waals surface area contributed by atoms with Gasteiger partial charge in [-0.3, -0.25) is 4.79 Å². The molecule has 3 aromatic rings. The van der Waals surface area contributed by atoms with Gasteiger partial charge in [0.2, 0.25) is 0 Å². The monoisotopic (exact) mass is 384 g/mol. The smallest absolute Gasteiger partial charge is 0.287 e. The van der Waals surface area contributed by atoms with Crippen LogP contribution in [0.25, 0.3) is 0 Å². The number of amides is 1. The molecule has 2 aromatic heterocycles. The molecule has 1 aliphatic rings. The van der Waals surface area contributed by atoms with E-state index in [1.54, 1.807) is 18.4 Å². The second kappa shape index (κ2) is 8.31. The van der Waals surface area contributed by atoms with Gasteiger partial charge < -0.3 is 24.0 Å². The number of hydrogen-bond acceptors (Lipinski definition) is 4. The Balaban J connectivity index is 1.40. The van der Waals surface area contributed by atoms with Crippen LogP contribution in [0.15, 0.2) is 69.9 Å². The molecule has 0 spiro atoms. The Labute approximate surface area is 162 Å². The van der Waals surface area contributed by atoms with E-state index in [1.165, 1.54) is 23.3 Å². The molecule has 1 amide bonds. The van der Waals surface area contributed by atoms with E-state index < -0.39 is 0 Å². The molecule has 0 saturated carbocycles. The number of carbonyl (C=O) groups excluding carboxylic acids is 1. The van der Waals surface area contributed by atoms with Gasteiger partial charge >= 0.3 is 0 Å². The molecule has 3 heterocycles. The van der Waals surface area contributed by atoms with Crippen molar-refractivity contribution in [1.29, 1.82) is 0 Å². The van der Waals surface area contributed by atoms with Crippen LogP contribution in [0.5, 0.6) is 0 Å². The molecule has 28 heavy (non-hydrogen) atoms. The third kappa shape index (κ3) is 4.09. The van der Waals surface area contributed by atoms with E-state index in [4.69, 9.17) is 8.83 Å². The number of nitrogens with zero attached hydrogens (tertiary/aromatic N) is 1. The molecule has 4 rings (SSSR count). The van der Waals surface area contributed by atoms with Crippen LogP contribution < -0.4 is 15.1 Å². The van der Waals surface area contributed by atoms with Gasteiger partial charge in [0.1, 0.15) is 5.82 Å². The minimum Gasteiger partial charge on any atom is -0.463 e. The number of halogens is 1. The van der Waals surface area contributed by atoms with Gasteiger partial charge in [-0.15, -0.1) is 0 Å². The molecule has 0 bridgehead atoms. The molecule has 7 heteroatoms. The minimum absolute atomic E-state index is 0.0179. The van der Waals surface area contributed by atoms with Gasteiger partial charge in [-0.1, -0.05) is 0 Å². The van der Waals surface area contributed by atoms with Crippen molar-refractivity contribution in [3.63, 3.8) is 0 Å². The molecule has 1 fully saturated rings. The third-order valence-electron chi connectivity index (χ3n) is 5.19. The van der Waals surface area contributed by atoms with Crippen molar-refractivity contribution in [2.75, 3.05) is 37.6 Å². The maximum absolute atomic E-state index is 13.2. The van der Waals surface area contributed by atoms with Gasteiger partial charge in [0.15, 0.2) is 17.6 Å². The Morgan fingerprint density at radius 3 is 2.43 bits per heavy atom. The van der Waals surface area contributed by atoms with Crippen LogP contribution in [0.1, 0.15) is 22.4 Å². The Hall–Kier alpha value is -3.06. The summed E-state index contributed by atoms with van der Waals surface area (Å²) in [6.45, 7) is 3.94. The molecule has 1 aromatic carbocycles. The standard InChI is InChI=1S/C21H22FN3O3/c22-16-5-7-17(8-6-16)24-9-11-25(12-10-24)18(19-3-1-13-27-19)15-23-21(26)20-4-2-14-28-20/h1-8,13-14,18H,9-12,15H2,(H,23,26)/p+1/t18-/m1/s1. The number of rotatable bonds is 6. The van der Waals surface area contributed by atoms with E-state index >= 15 is 0 Å². The fraction of sp³-hybridized carbons (Fsp3) is 0.286. The van der Waals surface area contributed by atoms with Crippen molar-refractivity contribution in [3.05, 3.63) is 78.4 Å². The molecular formula is C21H23FN3O3+. The summed E-state index contributed by atoms with van der Waals surface area (Å²) in [5.41, 5.74) is 1.03. The molecule has 1 atom stereocenters. The molecule has 0 aliphatic carbocycles. The summed E-state index contributed by atoms with van der Waals surface area (Å²) in [5, 5.41) is 2.95. The summed E-state index contributed by atoms with van der Waals surface area (Å²) in [4.78, 5) is 15.8. The fourth-order valence-corrected chi connectivity index (χ4v) is 3.68. The summed E-state index contributed by atoms with van der Waals surface area (Å²) >= 11 is 0. The molecule has 6 nitrogen and oxygen atoms in total. The molecule has 0 radical (unpaired) electrons. The predicted octanol–water partition coefficient (Wildman–Crippen LogP) is 1.89. The minimum atomic E-state index is -0.231. The molecule has 0 unspecified atom stereocenters. The number of quaternary nitrogens is 1. The zero-order valence-corrected chi connectivity index (χ0v) is 15.4. The Kier molecular flexibility index (Phi) is 5.43. The molecule has 1 aliphatic heterocycles. The zero-order valence-electron chi connectivity index (χ0n) is 15.4. The third-order valence-corrected chi connectivity index (χ3v) is 5.19. The first-order chi connectivity index (χ1) is 13.7. The summed E-state index contributed by atoms with van der Waals surface area (Å²) in [5.74, 6) is 0.698. The number of anilines is 1. The van der Waals surface area contributed by atoms with Crippen molar-refractivity contribution in [2.24, 2.45) is 0 Å². The second-order valence-electron chi connectivity index (χ2n) is 6.88. The van der Waals surface area contributed by atoms with Gasteiger partial charge in [-0.25, -0.2) is 4.39 Å². The maximum atomic E-state index is 13.2. The van der Waals surface area contributed by atoms with Crippen molar-refractivity contribution in [3.8, 4) is 0 Å². The summed E-state index contributed by atoms with van der Waals surface area (Å²) < 4.78 is 24.0. The summed E-state index contributed by atoms with van der Waals surface area (Å²) in [6.07, 6.45) is 3.14. The van der Waals surface area contributed by atoms with Gasteiger partial charge in [-0.2, -0.15) is 0 Å². The number of piperazine rings is 1. The first kappa shape index (κ1) is 18.3. The van der Waals surface area contributed by atoms with Gasteiger partial charge in [0.05, 0.1) is 45.3 Å². The van der Waals surface area contributed by atoms with Crippen LogP contribution in [0.4, 0.5) is 10.1 Å². The van der Waals surface area contributed by atoms with Crippen LogP contribution in [0.2, 0.25) is 0 Å². The highest BCUT2D eigenvalue weighted by Crippen LogP contribution is 2.16. The van der Waals surface area contributed by atoms with Gasteiger partial charge in [-0.05, 0) is 48.5 Å². The summed E-state index contributed by atoms with van der Waals surface area (Å²) in [6, 6.07) is 13.8. The van der Waals surface area contributed by atoms with Crippen molar-refractivity contribution in [2.45, 2.75) is 6.04 Å². The first-order valence-electron chi connectivity index (χ1n) is 9.41. The number of benzene rings is 1. The predicted molar refractivity (Wildman–Crippen MR) is 102 cm³/mol. The zero-order chi connectivity index (χ0) is 19.3. The SMILES string of the molecule is O=C(NC[C@H](c1ccco1)[NH+]1CCN(c2ccc(F)cc2)CC1)c1ccco1. The highest BCUT2D eigenvalue weighted by molar-refractivity contribution is 5.91. The maximum Gasteiger partial charge on any atom is 0.287 e. The molecule has 2 N–H and O–H groups in total. The van der Waals surface area contributed by atoms with E-state index in [-0.39, 0.29) is 17.8 Å². The molecular weight excluding hydrogens is 361 g/mol. The Morgan fingerprint density at radius 1 is 1.07 bits per heavy atom. The lowest BCUT2D eigenvalue weighted by molar-refractivity contribution is -0.932. The highest BCUT2D eigenvalue weighted by Gasteiger charge is 2.31. The van der Waals surface area contributed by atoms with E-state index in [0.717, 1.165) is 37.6 Å². The Bertz CT molecular complexity index is 870. The lowest BCUT2D eigenvalue weighted by Gasteiger charge is -2.37. The Morgan fingerprint density at radius 2 is 1.79 bits per heavy atom. The number of hydrogen-bond donors (Lipinski definition) is 2. The number of nitrogens with one attached hydrogen (secondary N) is 2. The van der Waals surface area contributed by atoms with Crippen LogP contribution in [-0.2, 0) is 0 Å². The average molecular weight is 384 g/mol. The van der Waals surface area contributed by atoms with Crippen LogP contribution in [0.3, 0.4) is 0 Å². The first-order valence-corrected chi connectivity index (χ1v) is 9.41. The largest absolute Gasteiger partial charge is 0.463 e. The van der Waals surface area contributed by atoms with Crippen molar-refractivity contribution >= 4 is 11.6 Å². The van der Waals surface area contributed by atoms with Gasteiger partial charge in [0, 0.05) is 5.69 Å². The van der Waals surface area contributed by atoms with Crippen LogP contribution in [-0.4, -0.2) is 38.6 Å². The second-order valence-corrected chi connectivity index (χ2v) is 6.88. The average Bonchev–Trinajstić information content (AvgIpc) is 3.44. The number of furan rings is 2. The molecule has 1 saturated heterocycles. The highest BCUT2D eigenvalue weighted by atomic mass is 19.1.